The Bertz CT molecular complexity index is 1190. The van der Waals surface area contributed by atoms with Crippen molar-refractivity contribution in [2.45, 2.75) is 0 Å². The second-order valence-corrected chi connectivity index (χ2v) is 6.63. The van der Waals surface area contributed by atoms with Crippen molar-refractivity contribution in [1.29, 1.82) is 0 Å². The van der Waals surface area contributed by atoms with E-state index >= 15 is 0 Å². The van der Waals surface area contributed by atoms with E-state index in [2.05, 4.69) is 25.9 Å². The number of benzene rings is 3. The Hall–Kier alpha value is -4.79. The summed E-state index contributed by atoms with van der Waals surface area (Å²) in [6.45, 7) is 0. The predicted octanol–water partition coefficient (Wildman–Crippen LogP) is 2.81. The van der Waals surface area contributed by atoms with E-state index in [-0.39, 0.29) is 11.3 Å². The molecule has 3 rings (SSSR count). The van der Waals surface area contributed by atoms with Crippen LogP contribution < -0.4 is 16.1 Å². The Kier molecular flexibility index (Phi) is 7.63. The Morgan fingerprint density at radius 2 is 1.45 bits per heavy atom. The summed E-state index contributed by atoms with van der Waals surface area (Å²) in [7, 11) is 1.28. The number of nitrogens with one attached hydrogen (secondary N) is 3. The number of methoxy groups -OCH3 is 1. The van der Waals surface area contributed by atoms with Gasteiger partial charge in [-0.2, -0.15) is 5.10 Å². The molecule has 0 aliphatic rings. The first-order valence-electron chi connectivity index (χ1n) is 9.76. The predicted molar refractivity (Wildman–Crippen MR) is 123 cm³/mol. The van der Waals surface area contributed by atoms with Crippen molar-refractivity contribution >= 4 is 41.3 Å². The standard InChI is InChI=1S/C24H20N4O5/c1-33-24(32)17-13-11-16(12-14-17)15-25-28-23(31)22(30)27-20-10-6-5-9-19(20)21(29)26-18-7-3-2-4-8-18/h2-15H,1H3,(H,26,29)(H,27,30)(H,28,31)/b25-15+. The fraction of sp³-hybridized carbons (Fsp3) is 0.0417. The number of carbonyl (C=O) groups is 4. The number of hydrogen-bond acceptors (Lipinski definition) is 6. The molecule has 0 saturated heterocycles. The van der Waals surface area contributed by atoms with Gasteiger partial charge in [0.15, 0.2) is 0 Å². The van der Waals surface area contributed by atoms with Gasteiger partial charge in [0.05, 0.1) is 30.1 Å². The summed E-state index contributed by atoms with van der Waals surface area (Å²) < 4.78 is 4.62. The molecule has 0 spiro atoms. The number of carbonyl (C=O) groups excluding carboxylic acids is 4. The van der Waals surface area contributed by atoms with Gasteiger partial charge >= 0.3 is 17.8 Å². The van der Waals surface area contributed by atoms with Gasteiger partial charge in [0.2, 0.25) is 0 Å². The molecular formula is C24H20N4O5. The maximum absolute atomic E-state index is 12.6. The van der Waals surface area contributed by atoms with Crippen molar-refractivity contribution in [3.63, 3.8) is 0 Å². The first kappa shape index (κ1) is 22.9. The largest absolute Gasteiger partial charge is 0.465 e. The minimum Gasteiger partial charge on any atom is -0.465 e. The van der Waals surface area contributed by atoms with Gasteiger partial charge in [0, 0.05) is 5.69 Å². The summed E-state index contributed by atoms with van der Waals surface area (Å²) in [5, 5.41) is 8.87. The molecule has 0 aliphatic carbocycles. The Labute approximate surface area is 189 Å². The third kappa shape index (κ3) is 6.34. The number of ether oxygens (including phenoxy) is 1. The molecule has 0 heterocycles. The van der Waals surface area contributed by atoms with E-state index in [0.717, 1.165) is 0 Å². The van der Waals surface area contributed by atoms with Gasteiger partial charge in [-0.25, -0.2) is 10.2 Å². The molecule has 0 fully saturated rings. The van der Waals surface area contributed by atoms with Gasteiger partial charge in [-0.15, -0.1) is 0 Å². The lowest BCUT2D eigenvalue weighted by molar-refractivity contribution is -0.136. The van der Waals surface area contributed by atoms with Crippen molar-refractivity contribution in [2.75, 3.05) is 17.7 Å². The molecule has 166 valence electrons. The van der Waals surface area contributed by atoms with Crippen molar-refractivity contribution < 1.29 is 23.9 Å². The second kappa shape index (κ2) is 11.0. The van der Waals surface area contributed by atoms with Crippen LogP contribution in [0.25, 0.3) is 0 Å². The lowest BCUT2D eigenvalue weighted by Crippen LogP contribution is -2.33. The van der Waals surface area contributed by atoms with E-state index in [4.69, 9.17) is 0 Å². The number of nitrogens with zero attached hydrogens (tertiary/aromatic N) is 1. The van der Waals surface area contributed by atoms with Gasteiger partial charge in [-0.3, -0.25) is 14.4 Å². The van der Waals surface area contributed by atoms with Crippen molar-refractivity contribution in [2.24, 2.45) is 5.10 Å². The van der Waals surface area contributed by atoms with Crippen LogP contribution in [0.5, 0.6) is 0 Å². The topological polar surface area (TPSA) is 126 Å². The average Bonchev–Trinajstić information content (AvgIpc) is 2.84. The highest BCUT2D eigenvalue weighted by molar-refractivity contribution is 6.40. The van der Waals surface area contributed by atoms with Crippen molar-refractivity contribution in [1.82, 2.24) is 5.43 Å². The molecule has 3 aromatic carbocycles. The zero-order chi connectivity index (χ0) is 23.6. The fourth-order valence-corrected chi connectivity index (χ4v) is 2.73. The van der Waals surface area contributed by atoms with Gasteiger partial charge < -0.3 is 15.4 Å². The molecule has 9 nitrogen and oxygen atoms in total. The van der Waals surface area contributed by atoms with Gasteiger partial charge in [-0.05, 0) is 42.0 Å². The number of anilines is 2. The summed E-state index contributed by atoms with van der Waals surface area (Å²) in [4.78, 5) is 48.4. The normalized spacial score (nSPS) is 10.3. The van der Waals surface area contributed by atoms with E-state index in [1.54, 1.807) is 60.7 Å². The first-order valence-corrected chi connectivity index (χ1v) is 9.76. The molecular weight excluding hydrogens is 424 g/mol. The third-order valence-corrected chi connectivity index (χ3v) is 4.37. The molecule has 3 N–H and O–H groups in total. The molecule has 3 aromatic rings. The molecule has 33 heavy (non-hydrogen) atoms. The van der Waals surface area contributed by atoms with E-state index in [0.29, 0.717) is 16.8 Å². The van der Waals surface area contributed by atoms with E-state index in [1.165, 1.54) is 25.5 Å². The van der Waals surface area contributed by atoms with Gasteiger partial charge in [0.25, 0.3) is 5.91 Å². The molecule has 0 unspecified atom stereocenters. The lowest BCUT2D eigenvalue weighted by atomic mass is 10.1. The number of rotatable bonds is 6. The number of hydrazone groups is 1. The lowest BCUT2D eigenvalue weighted by Gasteiger charge is -2.11. The summed E-state index contributed by atoms with van der Waals surface area (Å²) in [5.74, 6) is -2.92. The quantitative estimate of drug-likeness (QED) is 0.233. The highest BCUT2D eigenvalue weighted by atomic mass is 16.5. The SMILES string of the molecule is COC(=O)c1ccc(/C=N/NC(=O)C(=O)Nc2ccccc2C(=O)Nc2ccccc2)cc1. The number of esters is 1. The van der Waals surface area contributed by atoms with E-state index in [9.17, 15) is 19.2 Å². The molecule has 0 saturated carbocycles. The molecule has 0 aliphatic heterocycles. The Balaban J connectivity index is 1.59. The Morgan fingerprint density at radius 1 is 0.788 bits per heavy atom. The minimum absolute atomic E-state index is 0.174. The van der Waals surface area contributed by atoms with E-state index < -0.39 is 23.7 Å². The zero-order valence-electron chi connectivity index (χ0n) is 17.6. The number of amides is 3. The van der Waals surface area contributed by atoms with Crippen molar-refractivity contribution in [3.8, 4) is 0 Å². The van der Waals surface area contributed by atoms with Crippen LogP contribution >= 0.6 is 0 Å². The highest BCUT2D eigenvalue weighted by Crippen LogP contribution is 2.17. The summed E-state index contributed by atoms with van der Waals surface area (Å²) >= 11 is 0. The summed E-state index contributed by atoms with van der Waals surface area (Å²) in [6.07, 6.45) is 1.31. The molecule has 9 heteroatoms. The molecule has 3 amide bonds. The Morgan fingerprint density at radius 3 is 2.15 bits per heavy atom. The highest BCUT2D eigenvalue weighted by Gasteiger charge is 2.17. The molecule has 0 aromatic heterocycles. The smallest absolute Gasteiger partial charge is 0.337 e. The number of hydrogen-bond donors (Lipinski definition) is 3. The molecule has 0 atom stereocenters. The van der Waals surface area contributed by atoms with Crippen LogP contribution in [0.3, 0.4) is 0 Å². The van der Waals surface area contributed by atoms with Crippen LogP contribution in [0, 0.1) is 0 Å². The molecule has 0 radical (unpaired) electrons. The second-order valence-electron chi connectivity index (χ2n) is 6.63. The third-order valence-electron chi connectivity index (χ3n) is 4.37. The maximum atomic E-state index is 12.6. The van der Waals surface area contributed by atoms with Crippen LogP contribution in [0.15, 0.2) is 84.0 Å². The fourth-order valence-electron chi connectivity index (χ4n) is 2.73. The van der Waals surface area contributed by atoms with Crippen molar-refractivity contribution in [3.05, 3.63) is 95.6 Å². The van der Waals surface area contributed by atoms with Gasteiger partial charge in [-0.1, -0.05) is 42.5 Å². The average molecular weight is 444 g/mol. The maximum Gasteiger partial charge on any atom is 0.337 e. The first-order chi connectivity index (χ1) is 16.0. The van der Waals surface area contributed by atoms with Crippen LogP contribution in [0.4, 0.5) is 11.4 Å². The van der Waals surface area contributed by atoms with Gasteiger partial charge in [0.1, 0.15) is 0 Å². The van der Waals surface area contributed by atoms with Crippen LogP contribution in [-0.4, -0.2) is 37.0 Å². The zero-order valence-corrected chi connectivity index (χ0v) is 17.6. The van der Waals surface area contributed by atoms with Crippen LogP contribution in [-0.2, 0) is 14.3 Å². The summed E-state index contributed by atoms with van der Waals surface area (Å²) in [5.41, 5.74) is 4.03. The molecule has 0 bridgehead atoms. The van der Waals surface area contributed by atoms with Crippen LogP contribution in [0.1, 0.15) is 26.3 Å². The monoisotopic (exact) mass is 444 g/mol. The minimum atomic E-state index is -1.02. The number of para-hydroxylation sites is 2. The van der Waals surface area contributed by atoms with Crippen LogP contribution in [0.2, 0.25) is 0 Å². The van der Waals surface area contributed by atoms with E-state index in [1.807, 2.05) is 6.07 Å². The summed E-state index contributed by atoms with van der Waals surface area (Å²) in [6, 6.07) is 21.4.